The topological polar surface area (TPSA) is 84.5 Å². The molecule has 6 nitrogen and oxygen atoms in total. The molecule has 1 saturated carbocycles. The second-order valence-corrected chi connectivity index (χ2v) is 8.74. The minimum absolute atomic E-state index is 0.0677. The number of sulfonamides is 1. The molecular weight excluding hydrogens is 352 g/mol. The number of carbonyl (C=O) groups excluding carboxylic acids is 1. The lowest BCUT2D eigenvalue weighted by Gasteiger charge is -2.22. The van der Waals surface area contributed by atoms with Crippen LogP contribution in [0.4, 0.5) is 0 Å². The Hall–Kier alpha value is -1.44. The van der Waals surface area contributed by atoms with Gasteiger partial charge in [-0.25, -0.2) is 13.1 Å². The standard InChI is InChI=1S/C19H30N2O4S/c1-15(14-25-2)21-19(22)12-13-20-26(23,24)18-10-8-17(9-11-18)16-6-4-3-5-7-16/h8-11,15-16,20H,3-7,12-14H2,1-2H3,(H,21,22). The number of amides is 1. The Labute approximate surface area is 156 Å². The molecule has 1 atom stereocenters. The molecule has 1 amide bonds. The molecular formula is C19H30N2O4S. The number of benzene rings is 1. The van der Waals surface area contributed by atoms with Crippen molar-refractivity contribution >= 4 is 15.9 Å². The summed E-state index contributed by atoms with van der Waals surface area (Å²) in [6, 6.07) is 7.06. The third-order valence-corrected chi connectivity index (χ3v) is 6.21. The van der Waals surface area contributed by atoms with E-state index in [1.54, 1.807) is 19.2 Å². The number of nitrogens with one attached hydrogen (secondary N) is 2. The molecule has 0 heterocycles. The molecule has 0 radical (unpaired) electrons. The molecule has 0 saturated heterocycles. The Morgan fingerprint density at radius 3 is 2.46 bits per heavy atom. The van der Waals surface area contributed by atoms with Gasteiger partial charge in [-0.3, -0.25) is 4.79 Å². The molecule has 1 aliphatic carbocycles. The maximum atomic E-state index is 12.4. The molecule has 7 heteroatoms. The summed E-state index contributed by atoms with van der Waals surface area (Å²) in [4.78, 5) is 12.0. The van der Waals surface area contributed by atoms with Crippen LogP contribution in [0, 0.1) is 0 Å². The van der Waals surface area contributed by atoms with E-state index in [1.807, 2.05) is 19.1 Å². The van der Waals surface area contributed by atoms with Gasteiger partial charge in [0.15, 0.2) is 0 Å². The van der Waals surface area contributed by atoms with E-state index in [4.69, 9.17) is 4.74 Å². The van der Waals surface area contributed by atoms with Gasteiger partial charge in [0.05, 0.1) is 11.5 Å². The van der Waals surface area contributed by atoms with Gasteiger partial charge in [-0.15, -0.1) is 0 Å². The van der Waals surface area contributed by atoms with Crippen LogP contribution < -0.4 is 10.0 Å². The van der Waals surface area contributed by atoms with Crippen molar-refractivity contribution in [2.75, 3.05) is 20.3 Å². The molecule has 1 unspecified atom stereocenters. The monoisotopic (exact) mass is 382 g/mol. The molecule has 1 fully saturated rings. The van der Waals surface area contributed by atoms with Crippen molar-refractivity contribution in [2.45, 2.75) is 62.3 Å². The van der Waals surface area contributed by atoms with Crippen molar-refractivity contribution in [3.63, 3.8) is 0 Å². The lowest BCUT2D eigenvalue weighted by Crippen LogP contribution is -2.37. The molecule has 26 heavy (non-hydrogen) atoms. The van der Waals surface area contributed by atoms with E-state index in [0.717, 1.165) is 0 Å². The van der Waals surface area contributed by atoms with Crippen LogP contribution in [0.3, 0.4) is 0 Å². The van der Waals surface area contributed by atoms with E-state index in [1.165, 1.54) is 37.7 Å². The van der Waals surface area contributed by atoms with Gasteiger partial charge in [-0.1, -0.05) is 31.4 Å². The van der Waals surface area contributed by atoms with Crippen LogP contribution in [0.2, 0.25) is 0 Å². The maximum Gasteiger partial charge on any atom is 0.240 e. The van der Waals surface area contributed by atoms with Crippen molar-refractivity contribution in [1.82, 2.24) is 10.0 Å². The number of ether oxygens (including phenoxy) is 1. The Balaban J connectivity index is 1.84. The summed E-state index contributed by atoms with van der Waals surface area (Å²) in [6.07, 6.45) is 6.24. The van der Waals surface area contributed by atoms with Crippen LogP contribution >= 0.6 is 0 Å². The lowest BCUT2D eigenvalue weighted by atomic mass is 9.84. The molecule has 2 rings (SSSR count). The van der Waals surface area contributed by atoms with Gasteiger partial charge in [0.1, 0.15) is 0 Å². The zero-order valence-corrected chi connectivity index (χ0v) is 16.5. The maximum absolute atomic E-state index is 12.4. The van der Waals surface area contributed by atoms with Gasteiger partial charge in [-0.2, -0.15) is 0 Å². The van der Waals surface area contributed by atoms with E-state index >= 15 is 0 Å². The number of hydrogen-bond donors (Lipinski definition) is 2. The first kappa shape index (κ1) is 20.9. The van der Waals surface area contributed by atoms with Crippen LogP contribution in [-0.2, 0) is 19.6 Å². The highest BCUT2D eigenvalue weighted by Crippen LogP contribution is 2.32. The zero-order chi connectivity index (χ0) is 19.0. The fourth-order valence-corrected chi connectivity index (χ4v) is 4.41. The molecule has 146 valence electrons. The van der Waals surface area contributed by atoms with Gasteiger partial charge >= 0.3 is 0 Å². The third kappa shape index (κ3) is 6.37. The van der Waals surface area contributed by atoms with E-state index in [2.05, 4.69) is 10.0 Å². The highest BCUT2D eigenvalue weighted by Gasteiger charge is 2.18. The SMILES string of the molecule is COCC(C)NC(=O)CCNS(=O)(=O)c1ccc(C2CCCCC2)cc1. The summed E-state index contributed by atoms with van der Waals surface area (Å²) in [5, 5.41) is 2.75. The second-order valence-electron chi connectivity index (χ2n) is 6.98. The second kappa shape index (κ2) is 10.0. The summed E-state index contributed by atoms with van der Waals surface area (Å²) < 4.78 is 32.2. The quantitative estimate of drug-likeness (QED) is 0.687. The van der Waals surface area contributed by atoms with E-state index in [0.29, 0.717) is 12.5 Å². The fraction of sp³-hybridized carbons (Fsp3) is 0.632. The first-order valence-corrected chi connectivity index (χ1v) is 10.8. The fourth-order valence-electron chi connectivity index (χ4n) is 3.38. The summed E-state index contributed by atoms with van der Waals surface area (Å²) in [6.45, 7) is 2.32. The summed E-state index contributed by atoms with van der Waals surface area (Å²) in [7, 11) is -2.03. The number of rotatable bonds is 9. The molecule has 0 bridgehead atoms. The van der Waals surface area contributed by atoms with E-state index < -0.39 is 10.0 Å². The first-order chi connectivity index (χ1) is 12.4. The molecule has 1 aliphatic rings. The average molecular weight is 383 g/mol. The lowest BCUT2D eigenvalue weighted by molar-refractivity contribution is -0.121. The van der Waals surface area contributed by atoms with Gasteiger partial charge < -0.3 is 10.1 Å². The van der Waals surface area contributed by atoms with Gasteiger partial charge in [0, 0.05) is 26.1 Å². The first-order valence-electron chi connectivity index (χ1n) is 9.30. The predicted octanol–water partition coefficient (Wildman–Crippen LogP) is 2.55. The Kier molecular flexibility index (Phi) is 8.06. The van der Waals surface area contributed by atoms with E-state index in [-0.39, 0.29) is 29.8 Å². The van der Waals surface area contributed by atoms with Crippen molar-refractivity contribution in [2.24, 2.45) is 0 Å². The van der Waals surface area contributed by atoms with Crippen LogP contribution in [-0.4, -0.2) is 40.6 Å². The summed E-state index contributed by atoms with van der Waals surface area (Å²) in [5.74, 6) is 0.344. The number of hydrogen-bond acceptors (Lipinski definition) is 4. The third-order valence-electron chi connectivity index (χ3n) is 4.74. The van der Waals surface area contributed by atoms with E-state index in [9.17, 15) is 13.2 Å². The molecule has 0 spiro atoms. The Morgan fingerprint density at radius 1 is 1.19 bits per heavy atom. The van der Waals surface area contributed by atoms with Crippen LogP contribution in [0.5, 0.6) is 0 Å². The Bertz CT molecular complexity index is 667. The number of carbonyl (C=O) groups is 1. The zero-order valence-electron chi connectivity index (χ0n) is 15.7. The highest BCUT2D eigenvalue weighted by atomic mass is 32.2. The van der Waals surface area contributed by atoms with Crippen molar-refractivity contribution in [3.05, 3.63) is 29.8 Å². The van der Waals surface area contributed by atoms with Crippen molar-refractivity contribution in [1.29, 1.82) is 0 Å². The molecule has 0 aliphatic heterocycles. The highest BCUT2D eigenvalue weighted by molar-refractivity contribution is 7.89. The van der Waals surface area contributed by atoms with Crippen LogP contribution in [0.15, 0.2) is 29.2 Å². The largest absolute Gasteiger partial charge is 0.383 e. The van der Waals surface area contributed by atoms with Gasteiger partial charge in [-0.05, 0) is 43.4 Å². The van der Waals surface area contributed by atoms with Crippen molar-refractivity contribution in [3.8, 4) is 0 Å². The van der Waals surface area contributed by atoms with Crippen molar-refractivity contribution < 1.29 is 17.9 Å². The molecule has 1 aromatic rings. The average Bonchev–Trinajstić information content (AvgIpc) is 2.62. The van der Waals surface area contributed by atoms with Gasteiger partial charge in [0.25, 0.3) is 0 Å². The number of methoxy groups -OCH3 is 1. The normalized spacial score (nSPS) is 17.0. The minimum Gasteiger partial charge on any atom is -0.383 e. The smallest absolute Gasteiger partial charge is 0.240 e. The molecule has 1 aromatic carbocycles. The van der Waals surface area contributed by atoms with Crippen LogP contribution in [0.25, 0.3) is 0 Å². The summed E-state index contributed by atoms with van der Waals surface area (Å²) in [5.41, 5.74) is 1.22. The molecule has 2 N–H and O–H groups in total. The van der Waals surface area contributed by atoms with Gasteiger partial charge in [0.2, 0.25) is 15.9 Å². The Morgan fingerprint density at radius 2 is 1.85 bits per heavy atom. The summed E-state index contributed by atoms with van der Waals surface area (Å²) >= 11 is 0. The van der Waals surface area contributed by atoms with Crippen LogP contribution in [0.1, 0.15) is 56.9 Å². The predicted molar refractivity (Wildman–Crippen MR) is 102 cm³/mol. The minimum atomic E-state index is -3.60. The molecule has 0 aromatic heterocycles.